The van der Waals surface area contributed by atoms with E-state index in [0.29, 0.717) is 15.8 Å². The number of nitrogens with one attached hydrogen (secondary N) is 1. The quantitative estimate of drug-likeness (QED) is 0.804. The van der Waals surface area contributed by atoms with Gasteiger partial charge in [0.2, 0.25) is 0 Å². The lowest BCUT2D eigenvalue weighted by Crippen LogP contribution is -2.25. The van der Waals surface area contributed by atoms with Gasteiger partial charge in [-0.25, -0.2) is 0 Å². The van der Waals surface area contributed by atoms with Crippen LogP contribution in [0, 0.1) is 0 Å². The summed E-state index contributed by atoms with van der Waals surface area (Å²) < 4.78 is 6.08. The fourth-order valence-electron chi connectivity index (χ4n) is 2.13. The average Bonchev–Trinajstić information content (AvgIpc) is 2.49. The number of rotatable bonds is 7. The molecule has 0 fully saturated rings. The summed E-state index contributed by atoms with van der Waals surface area (Å²) in [5.74, 6) is 0.640. The lowest BCUT2D eigenvalue weighted by Gasteiger charge is -2.20. The molecule has 2 rings (SSSR count). The summed E-state index contributed by atoms with van der Waals surface area (Å²) in [4.78, 5) is 0. The summed E-state index contributed by atoms with van der Waals surface area (Å²) >= 11 is 12.2. The smallest absolute Gasteiger partial charge is 0.139 e. The highest BCUT2D eigenvalue weighted by molar-refractivity contribution is 6.34. The van der Waals surface area contributed by atoms with Crippen molar-refractivity contribution >= 4 is 23.2 Å². The zero-order valence-corrected chi connectivity index (χ0v) is 13.5. The largest absolute Gasteiger partial charge is 0.488 e. The van der Waals surface area contributed by atoms with Gasteiger partial charge in [0.1, 0.15) is 11.9 Å². The van der Waals surface area contributed by atoms with Crippen molar-refractivity contribution in [1.82, 2.24) is 5.32 Å². The molecule has 112 valence electrons. The SMILES string of the molecule is CNCC[C@@H](Cc1ccccc1)Oc1cc(Cl)ccc1Cl. The Bertz CT molecular complexity index is 560. The van der Waals surface area contributed by atoms with Crippen LogP contribution in [0.1, 0.15) is 12.0 Å². The molecule has 2 aromatic rings. The molecule has 0 heterocycles. The number of ether oxygens (including phenoxy) is 1. The lowest BCUT2D eigenvalue weighted by molar-refractivity contribution is 0.191. The molecule has 2 aromatic carbocycles. The molecule has 2 nitrogen and oxygen atoms in total. The van der Waals surface area contributed by atoms with Crippen LogP contribution in [0.4, 0.5) is 0 Å². The van der Waals surface area contributed by atoms with Crippen LogP contribution in [-0.4, -0.2) is 19.7 Å². The van der Waals surface area contributed by atoms with Crippen molar-refractivity contribution in [3.05, 3.63) is 64.1 Å². The molecular formula is C17H19Cl2NO. The molecule has 0 bridgehead atoms. The van der Waals surface area contributed by atoms with E-state index < -0.39 is 0 Å². The van der Waals surface area contributed by atoms with Gasteiger partial charge in [0.25, 0.3) is 0 Å². The minimum atomic E-state index is 0.0517. The van der Waals surface area contributed by atoms with Gasteiger partial charge in [-0.1, -0.05) is 53.5 Å². The van der Waals surface area contributed by atoms with E-state index in [1.54, 1.807) is 18.2 Å². The fraction of sp³-hybridized carbons (Fsp3) is 0.294. The molecule has 0 unspecified atom stereocenters. The van der Waals surface area contributed by atoms with Crippen molar-refractivity contribution in [2.24, 2.45) is 0 Å². The molecule has 1 atom stereocenters. The monoisotopic (exact) mass is 323 g/mol. The third-order valence-electron chi connectivity index (χ3n) is 3.21. The van der Waals surface area contributed by atoms with Crippen LogP contribution in [0.15, 0.2) is 48.5 Å². The molecule has 0 amide bonds. The summed E-state index contributed by atoms with van der Waals surface area (Å²) in [6.07, 6.45) is 1.79. The lowest BCUT2D eigenvalue weighted by atomic mass is 10.1. The third kappa shape index (κ3) is 5.24. The van der Waals surface area contributed by atoms with Gasteiger partial charge in [0.05, 0.1) is 5.02 Å². The predicted molar refractivity (Wildman–Crippen MR) is 89.6 cm³/mol. The fourth-order valence-corrected chi connectivity index (χ4v) is 2.46. The molecule has 0 aromatic heterocycles. The maximum Gasteiger partial charge on any atom is 0.139 e. The van der Waals surface area contributed by atoms with E-state index in [1.807, 2.05) is 25.2 Å². The van der Waals surface area contributed by atoms with Crippen LogP contribution in [0.5, 0.6) is 5.75 Å². The van der Waals surface area contributed by atoms with E-state index in [1.165, 1.54) is 5.56 Å². The Hall–Kier alpha value is -1.22. The highest BCUT2D eigenvalue weighted by atomic mass is 35.5. The second-order valence-electron chi connectivity index (χ2n) is 4.90. The second kappa shape index (κ2) is 8.28. The van der Waals surface area contributed by atoms with Crippen LogP contribution in [-0.2, 0) is 6.42 Å². The van der Waals surface area contributed by atoms with Gasteiger partial charge < -0.3 is 10.1 Å². The number of hydrogen-bond acceptors (Lipinski definition) is 2. The molecule has 0 saturated carbocycles. The van der Waals surface area contributed by atoms with Gasteiger partial charge in [-0.15, -0.1) is 0 Å². The Morgan fingerprint density at radius 2 is 1.86 bits per heavy atom. The van der Waals surface area contributed by atoms with Crippen molar-refractivity contribution in [2.75, 3.05) is 13.6 Å². The summed E-state index contributed by atoms with van der Waals surface area (Å²) in [5, 5.41) is 4.37. The topological polar surface area (TPSA) is 21.3 Å². The standard InChI is InChI=1S/C17H19Cl2NO/c1-20-10-9-15(11-13-5-3-2-4-6-13)21-17-12-14(18)7-8-16(17)19/h2-8,12,15,20H,9-11H2,1H3/t15-/m0/s1. The molecule has 0 saturated heterocycles. The molecule has 21 heavy (non-hydrogen) atoms. The highest BCUT2D eigenvalue weighted by Gasteiger charge is 2.13. The Balaban J connectivity index is 2.10. The second-order valence-corrected chi connectivity index (χ2v) is 5.74. The van der Waals surface area contributed by atoms with E-state index in [2.05, 4.69) is 17.4 Å². The van der Waals surface area contributed by atoms with Crippen molar-refractivity contribution in [2.45, 2.75) is 18.9 Å². The van der Waals surface area contributed by atoms with Gasteiger partial charge in [-0.3, -0.25) is 0 Å². The molecule has 0 aliphatic rings. The molecule has 0 radical (unpaired) electrons. The Morgan fingerprint density at radius 1 is 1.10 bits per heavy atom. The van der Waals surface area contributed by atoms with Gasteiger partial charge in [-0.2, -0.15) is 0 Å². The predicted octanol–water partition coefficient (Wildman–Crippen LogP) is 4.59. The number of benzene rings is 2. The van der Waals surface area contributed by atoms with Crippen LogP contribution < -0.4 is 10.1 Å². The summed E-state index contributed by atoms with van der Waals surface area (Å²) in [6.45, 7) is 0.885. The first-order valence-corrected chi connectivity index (χ1v) is 7.75. The number of halogens is 2. The van der Waals surface area contributed by atoms with Crippen molar-refractivity contribution in [3.63, 3.8) is 0 Å². The number of hydrogen-bond donors (Lipinski definition) is 1. The van der Waals surface area contributed by atoms with Crippen LogP contribution >= 0.6 is 23.2 Å². The molecule has 1 N–H and O–H groups in total. The first kappa shape index (κ1) is 16.2. The zero-order valence-electron chi connectivity index (χ0n) is 12.0. The van der Waals surface area contributed by atoms with E-state index in [4.69, 9.17) is 27.9 Å². The van der Waals surface area contributed by atoms with E-state index in [9.17, 15) is 0 Å². The maximum atomic E-state index is 6.18. The minimum Gasteiger partial charge on any atom is -0.488 e. The van der Waals surface area contributed by atoms with E-state index in [0.717, 1.165) is 19.4 Å². The average molecular weight is 324 g/mol. The Kier molecular flexibility index (Phi) is 6.37. The van der Waals surface area contributed by atoms with Crippen LogP contribution in [0.3, 0.4) is 0 Å². The third-order valence-corrected chi connectivity index (χ3v) is 3.76. The summed E-state index contributed by atoms with van der Waals surface area (Å²) in [5.41, 5.74) is 1.25. The van der Waals surface area contributed by atoms with Crippen LogP contribution in [0.2, 0.25) is 10.0 Å². The normalized spacial score (nSPS) is 12.1. The van der Waals surface area contributed by atoms with Gasteiger partial charge in [-0.05, 0) is 37.7 Å². The Morgan fingerprint density at radius 3 is 2.57 bits per heavy atom. The first-order chi connectivity index (χ1) is 10.2. The Labute approximate surface area is 136 Å². The van der Waals surface area contributed by atoms with Crippen molar-refractivity contribution in [3.8, 4) is 5.75 Å². The molecule has 0 aliphatic carbocycles. The van der Waals surface area contributed by atoms with Gasteiger partial charge in [0, 0.05) is 17.5 Å². The van der Waals surface area contributed by atoms with Gasteiger partial charge in [0.15, 0.2) is 0 Å². The molecule has 4 heteroatoms. The van der Waals surface area contributed by atoms with E-state index >= 15 is 0 Å². The highest BCUT2D eigenvalue weighted by Crippen LogP contribution is 2.29. The molecule has 0 spiro atoms. The zero-order chi connectivity index (χ0) is 15.1. The van der Waals surface area contributed by atoms with E-state index in [-0.39, 0.29) is 6.10 Å². The maximum absolute atomic E-state index is 6.18. The molecule has 0 aliphatic heterocycles. The minimum absolute atomic E-state index is 0.0517. The summed E-state index contributed by atoms with van der Waals surface area (Å²) in [6, 6.07) is 15.6. The molecular weight excluding hydrogens is 305 g/mol. The first-order valence-electron chi connectivity index (χ1n) is 6.99. The van der Waals surface area contributed by atoms with Crippen LogP contribution in [0.25, 0.3) is 0 Å². The summed E-state index contributed by atoms with van der Waals surface area (Å²) in [7, 11) is 1.94. The van der Waals surface area contributed by atoms with Gasteiger partial charge >= 0.3 is 0 Å². The van der Waals surface area contributed by atoms with Crippen molar-refractivity contribution in [1.29, 1.82) is 0 Å². The van der Waals surface area contributed by atoms with Crippen molar-refractivity contribution < 1.29 is 4.74 Å².